The number of amides is 1. The summed E-state index contributed by atoms with van der Waals surface area (Å²) in [7, 11) is 2.09. The van der Waals surface area contributed by atoms with Crippen molar-refractivity contribution in [3.63, 3.8) is 0 Å². The van der Waals surface area contributed by atoms with E-state index in [9.17, 15) is 13.2 Å². The quantitative estimate of drug-likeness (QED) is 0.175. The Balaban J connectivity index is 1.38. The molecule has 15 heteroatoms. The molecule has 4 aromatic rings. The second-order valence-electron chi connectivity index (χ2n) is 11.6. The maximum absolute atomic E-state index is 13.3. The fraction of sp³-hybridized carbons (Fsp3) is 0.375. The van der Waals surface area contributed by atoms with E-state index in [0.717, 1.165) is 49.9 Å². The lowest BCUT2D eigenvalue weighted by Gasteiger charge is -2.36. The monoisotopic (exact) mass is 679 g/mol. The first-order chi connectivity index (χ1) is 22.5. The van der Waals surface area contributed by atoms with Crippen LogP contribution in [0.2, 0.25) is 0 Å². The van der Waals surface area contributed by atoms with Gasteiger partial charge in [-0.15, -0.1) is 0 Å². The fourth-order valence-electron chi connectivity index (χ4n) is 5.15. The number of methoxy groups -OCH3 is 1. The fourth-order valence-corrected chi connectivity index (χ4v) is 7.28. The normalized spacial score (nSPS) is 14.0. The summed E-state index contributed by atoms with van der Waals surface area (Å²) in [5, 5.41) is 13.7. The van der Waals surface area contributed by atoms with Crippen LogP contribution in [0.5, 0.6) is 5.75 Å². The van der Waals surface area contributed by atoms with Gasteiger partial charge in [0.25, 0.3) is 0 Å². The third-order valence-corrected chi connectivity index (χ3v) is 10.1. The number of ether oxygens (including phenoxy) is 1. The molecule has 5 rings (SSSR count). The number of H-pyrrole nitrogens is 1. The number of rotatable bonds is 13. The van der Waals surface area contributed by atoms with Crippen molar-refractivity contribution in [3.05, 3.63) is 65.9 Å². The first kappa shape index (κ1) is 34.2. The molecule has 1 amide bonds. The number of hydrogen-bond donors (Lipinski definition) is 3. The highest BCUT2D eigenvalue weighted by atomic mass is 32.2. The van der Waals surface area contributed by atoms with Crippen molar-refractivity contribution in [1.82, 2.24) is 30.0 Å². The third kappa shape index (κ3) is 9.00. The minimum Gasteiger partial charge on any atom is -0.490 e. The summed E-state index contributed by atoms with van der Waals surface area (Å²) in [5.74, 6) is 1.79. The van der Waals surface area contributed by atoms with E-state index in [-0.39, 0.29) is 16.6 Å². The average molecular weight is 680 g/mol. The van der Waals surface area contributed by atoms with Gasteiger partial charge in [-0.3, -0.25) is 14.8 Å². The summed E-state index contributed by atoms with van der Waals surface area (Å²) in [4.78, 5) is 29.1. The summed E-state index contributed by atoms with van der Waals surface area (Å²) < 4.78 is 32.5. The summed E-state index contributed by atoms with van der Waals surface area (Å²) >= 11 is 1.33. The van der Waals surface area contributed by atoms with Gasteiger partial charge in [0.1, 0.15) is 0 Å². The first-order valence-corrected chi connectivity index (χ1v) is 17.7. The van der Waals surface area contributed by atoms with Crippen LogP contribution in [0.15, 0.2) is 69.5 Å². The molecule has 250 valence electrons. The number of anilines is 4. The molecule has 1 aliphatic heterocycles. The van der Waals surface area contributed by atoms with Crippen LogP contribution in [0.25, 0.3) is 0 Å². The molecule has 0 saturated carbocycles. The number of hydrogen-bond acceptors (Lipinski definition) is 12. The van der Waals surface area contributed by atoms with Gasteiger partial charge in [-0.25, -0.2) is 18.4 Å². The SMILES string of the molecule is COc1c(Nc2cc(C)[nH]n2)nc(Sc2ccc(S(=O)(=O)Cc3ccccc3NC(C)=O)cc2)nc1N1CCN(CCN(C)C)CC1. The Morgan fingerprint density at radius 3 is 2.43 bits per heavy atom. The van der Waals surface area contributed by atoms with Crippen molar-refractivity contribution >= 4 is 50.6 Å². The van der Waals surface area contributed by atoms with Gasteiger partial charge in [-0.1, -0.05) is 18.2 Å². The number of nitrogens with zero attached hydrogens (tertiary/aromatic N) is 6. The summed E-state index contributed by atoms with van der Waals surface area (Å²) in [6, 6.07) is 15.4. The van der Waals surface area contributed by atoms with Gasteiger partial charge in [-0.05, 0) is 68.7 Å². The number of piperazine rings is 1. The molecular formula is C32H41N9O4S2. The van der Waals surface area contributed by atoms with Crippen LogP contribution in [0, 0.1) is 6.92 Å². The highest BCUT2D eigenvalue weighted by molar-refractivity contribution is 7.99. The van der Waals surface area contributed by atoms with Crippen LogP contribution in [-0.4, -0.2) is 105 Å². The molecule has 1 aliphatic rings. The highest BCUT2D eigenvalue weighted by Crippen LogP contribution is 2.38. The zero-order valence-electron chi connectivity index (χ0n) is 27.3. The molecule has 0 bridgehead atoms. The second kappa shape index (κ2) is 15.2. The van der Waals surface area contributed by atoms with Crippen molar-refractivity contribution in [2.45, 2.75) is 34.5 Å². The van der Waals surface area contributed by atoms with Crippen LogP contribution in [0.1, 0.15) is 18.2 Å². The number of carbonyl (C=O) groups excluding carboxylic acids is 1. The molecule has 3 heterocycles. The maximum Gasteiger partial charge on any atom is 0.221 e. The molecule has 0 atom stereocenters. The Bertz CT molecular complexity index is 1790. The van der Waals surface area contributed by atoms with Crippen LogP contribution >= 0.6 is 11.8 Å². The van der Waals surface area contributed by atoms with Crippen molar-refractivity contribution in [2.75, 3.05) is 76.0 Å². The Morgan fingerprint density at radius 1 is 1.06 bits per heavy atom. The molecule has 3 N–H and O–H groups in total. The van der Waals surface area contributed by atoms with Gasteiger partial charge in [0.2, 0.25) is 11.7 Å². The van der Waals surface area contributed by atoms with Gasteiger partial charge in [0.15, 0.2) is 32.4 Å². The minimum atomic E-state index is -3.69. The van der Waals surface area contributed by atoms with Gasteiger partial charge < -0.3 is 25.2 Å². The Morgan fingerprint density at radius 2 is 1.79 bits per heavy atom. The number of aryl methyl sites for hydroxylation is 1. The van der Waals surface area contributed by atoms with E-state index < -0.39 is 9.84 Å². The van der Waals surface area contributed by atoms with Crippen molar-refractivity contribution in [3.8, 4) is 5.75 Å². The number of para-hydroxylation sites is 1. The third-order valence-electron chi connectivity index (χ3n) is 7.58. The molecule has 47 heavy (non-hydrogen) atoms. The molecule has 0 radical (unpaired) electrons. The maximum atomic E-state index is 13.3. The molecule has 0 unspecified atom stereocenters. The molecule has 0 spiro atoms. The minimum absolute atomic E-state index is 0.180. The van der Waals surface area contributed by atoms with E-state index in [1.54, 1.807) is 55.6 Å². The Hall–Kier alpha value is -4.18. The van der Waals surface area contributed by atoms with Gasteiger partial charge in [-0.2, -0.15) is 5.10 Å². The summed E-state index contributed by atoms with van der Waals surface area (Å²) in [5.41, 5.74) is 1.90. The van der Waals surface area contributed by atoms with E-state index >= 15 is 0 Å². The molecule has 2 aromatic carbocycles. The van der Waals surface area contributed by atoms with Crippen LogP contribution in [0.4, 0.5) is 23.1 Å². The Kier molecular flexibility index (Phi) is 11.0. The zero-order chi connectivity index (χ0) is 33.6. The van der Waals surface area contributed by atoms with E-state index in [2.05, 4.69) is 49.6 Å². The zero-order valence-corrected chi connectivity index (χ0v) is 28.9. The summed E-state index contributed by atoms with van der Waals surface area (Å²) in [6.45, 7) is 8.67. The lowest BCUT2D eigenvalue weighted by molar-refractivity contribution is -0.114. The number of aromatic amines is 1. The second-order valence-corrected chi connectivity index (χ2v) is 14.6. The number of benzene rings is 2. The van der Waals surface area contributed by atoms with Crippen LogP contribution in [-0.2, 0) is 20.4 Å². The molecule has 0 aliphatic carbocycles. The smallest absolute Gasteiger partial charge is 0.221 e. The largest absolute Gasteiger partial charge is 0.490 e. The van der Waals surface area contributed by atoms with Crippen molar-refractivity contribution in [1.29, 1.82) is 0 Å². The standard InChI is InChI=1S/C32H41N9O4S2/c1-22-20-28(38-37-22)34-30-29(45-5)31(41-18-16-40(17-19-41)15-14-39(3)4)36-32(35-30)46-25-10-12-26(13-11-25)47(43,44)21-24-8-6-7-9-27(24)33-23(2)42/h6-13,20H,14-19,21H2,1-5H3,(H,33,42)(H2,34,35,36,37,38). The lowest BCUT2D eigenvalue weighted by Crippen LogP contribution is -2.48. The number of sulfone groups is 1. The molecule has 1 saturated heterocycles. The molecule has 1 fully saturated rings. The number of nitrogens with one attached hydrogen (secondary N) is 3. The van der Waals surface area contributed by atoms with Gasteiger partial charge in [0, 0.05) is 68.5 Å². The number of aromatic nitrogens is 4. The van der Waals surface area contributed by atoms with Crippen LogP contribution in [0.3, 0.4) is 0 Å². The van der Waals surface area contributed by atoms with E-state index in [4.69, 9.17) is 14.7 Å². The summed E-state index contributed by atoms with van der Waals surface area (Å²) in [6.07, 6.45) is 0. The highest BCUT2D eigenvalue weighted by Gasteiger charge is 2.26. The van der Waals surface area contributed by atoms with E-state index in [1.165, 1.54) is 18.7 Å². The van der Waals surface area contributed by atoms with Crippen LogP contribution < -0.4 is 20.3 Å². The van der Waals surface area contributed by atoms with E-state index in [1.807, 2.05) is 13.0 Å². The predicted molar refractivity (Wildman–Crippen MR) is 185 cm³/mol. The average Bonchev–Trinajstić information content (AvgIpc) is 3.45. The van der Waals surface area contributed by atoms with Gasteiger partial charge >= 0.3 is 0 Å². The van der Waals surface area contributed by atoms with Crippen molar-refractivity contribution in [2.24, 2.45) is 0 Å². The Labute approximate surface area is 280 Å². The molecular weight excluding hydrogens is 639 g/mol. The van der Waals surface area contributed by atoms with Crippen molar-refractivity contribution < 1.29 is 17.9 Å². The number of likely N-dealkylation sites (N-methyl/N-ethyl adjacent to an activating group) is 1. The predicted octanol–water partition coefficient (Wildman–Crippen LogP) is 4.03. The topological polar surface area (TPSA) is 149 Å². The number of carbonyl (C=O) groups is 1. The lowest BCUT2D eigenvalue weighted by atomic mass is 10.2. The van der Waals surface area contributed by atoms with E-state index in [0.29, 0.717) is 39.6 Å². The molecule has 2 aromatic heterocycles. The molecule has 13 nitrogen and oxygen atoms in total. The van der Waals surface area contributed by atoms with Gasteiger partial charge in [0.05, 0.1) is 17.8 Å². The first-order valence-electron chi connectivity index (χ1n) is 15.2.